The molecule has 3 nitrogen and oxygen atoms in total. The summed E-state index contributed by atoms with van der Waals surface area (Å²) in [4.78, 5) is 11.4. The Kier molecular flexibility index (Phi) is 5.10. The van der Waals surface area contributed by atoms with Crippen LogP contribution >= 0.6 is 23.2 Å². The minimum atomic E-state index is -1.02. The maximum atomic E-state index is 11.4. The highest BCUT2D eigenvalue weighted by molar-refractivity contribution is 6.31. The molecule has 1 N–H and O–H groups in total. The molecular weight excluding hydrogens is 311 g/mol. The van der Waals surface area contributed by atoms with Gasteiger partial charge in [-0.05, 0) is 48.4 Å². The molecule has 0 aliphatic heterocycles. The summed E-state index contributed by atoms with van der Waals surface area (Å²) in [6.45, 7) is 1.89. The van der Waals surface area contributed by atoms with Crippen molar-refractivity contribution < 1.29 is 14.6 Å². The SMILES string of the molecule is Cc1cc(Cl)ccc1C[C@H](Oc1cccc(Cl)c1)C(=O)O. The summed E-state index contributed by atoms with van der Waals surface area (Å²) < 4.78 is 5.53. The maximum Gasteiger partial charge on any atom is 0.345 e. The van der Waals surface area contributed by atoms with Gasteiger partial charge in [-0.2, -0.15) is 0 Å². The third kappa shape index (κ3) is 4.38. The van der Waals surface area contributed by atoms with E-state index >= 15 is 0 Å². The molecule has 0 saturated carbocycles. The van der Waals surface area contributed by atoms with Crippen molar-refractivity contribution in [2.75, 3.05) is 0 Å². The fourth-order valence-corrected chi connectivity index (χ4v) is 2.38. The Hall–Kier alpha value is -1.71. The van der Waals surface area contributed by atoms with Crippen molar-refractivity contribution in [3.05, 3.63) is 63.6 Å². The van der Waals surface area contributed by atoms with Crippen molar-refractivity contribution in [2.45, 2.75) is 19.4 Å². The van der Waals surface area contributed by atoms with E-state index in [4.69, 9.17) is 27.9 Å². The average Bonchev–Trinajstić information content (AvgIpc) is 2.40. The summed E-state index contributed by atoms with van der Waals surface area (Å²) in [5.41, 5.74) is 1.82. The topological polar surface area (TPSA) is 46.5 Å². The second-order valence-electron chi connectivity index (χ2n) is 4.68. The van der Waals surface area contributed by atoms with Crippen LogP contribution in [-0.2, 0) is 11.2 Å². The molecule has 0 aromatic heterocycles. The second-order valence-corrected chi connectivity index (χ2v) is 5.55. The van der Waals surface area contributed by atoms with Crippen LogP contribution in [0.2, 0.25) is 10.0 Å². The van der Waals surface area contributed by atoms with E-state index in [0.717, 1.165) is 11.1 Å². The normalized spacial score (nSPS) is 12.0. The number of aryl methyl sites for hydroxylation is 1. The highest BCUT2D eigenvalue weighted by Crippen LogP contribution is 2.21. The van der Waals surface area contributed by atoms with Crippen molar-refractivity contribution in [3.63, 3.8) is 0 Å². The van der Waals surface area contributed by atoms with Crippen molar-refractivity contribution in [1.82, 2.24) is 0 Å². The van der Waals surface area contributed by atoms with Crippen molar-refractivity contribution >= 4 is 29.2 Å². The average molecular weight is 325 g/mol. The molecule has 5 heteroatoms. The van der Waals surface area contributed by atoms with E-state index in [1.807, 2.05) is 13.0 Å². The summed E-state index contributed by atoms with van der Waals surface area (Å²) >= 11 is 11.8. The zero-order valence-electron chi connectivity index (χ0n) is 11.3. The number of rotatable bonds is 5. The predicted octanol–water partition coefficient (Wildman–Crippen LogP) is 4.38. The van der Waals surface area contributed by atoms with E-state index in [9.17, 15) is 9.90 Å². The molecule has 0 unspecified atom stereocenters. The molecule has 0 aliphatic rings. The second kappa shape index (κ2) is 6.83. The summed E-state index contributed by atoms with van der Waals surface area (Å²) in [6.07, 6.45) is -0.728. The van der Waals surface area contributed by atoms with Crippen LogP contribution in [0.15, 0.2) is 42.5 Å². The van der Waals surface area contributed by atoms with Crippen LogP contribution in [0.5, 0.6) is 5.75 Å². The molecule has 110 valence electrons. The lowest BCUT2D eigenvalue weighted by atomic mass is 10.0. The third-order valence-electron chi connectivity index (χ3n) is 3.06. The first-order valence-corrected chi connectivity index (χ1v) is 7.11. The Morgan fingerprint density at radius 1 is 1.19 bits per heavy atom. The minimum Gasteiger partial charge on any atom is -0.478 e. The van der Waals surface area contributed by atoms with Crippen LogP contribution in [0, 0.1) is 6.92 Å². The van der Waals surface area contributed by atoms with Gasteiger partial charge in [0.15, 0.2) is 6.10 Å². The molecule has 0 bridgehead atoms. The molecule has 21 heavy (non-hydrogen) atoms. The Labute approximate surface area is 133 Å². The van der Waals surface area contributed by atoms with Crippen LogP contribution in [0.3, 0.4) is 0 Å². The molecular formula is C16H14Cl2O3. The molecule has 0 radical (unpaired) electrons. The van der Waals surface area contributed by atoms with E-state index in [1.54, 1.807) is 36.4 Å². The Morgan fingerprint density at radius 3 is 2.52 bits per heavy atom. The van der Waals surface area contributed by atoms with Crippen LogP contribution in [0.25, 0.3) is 0 Å². The van der Waals surface area contributed by atoms with E-state index in [2.05, 4.69) is 0 Å². The lowest BCUT2D eigenvalue weighted by Gasteiger charge is -2.16. The van der Waals surface area contributed by atoms with E-state index in [-0.39, 0.29) is 6.42 Å². The molecule has 0 spiro atoms. The maximum absolute atomic E-state index is 11.4. The molecule has 2 aromatic carbocycles. The Bertz CT molecular complexity index is 656. The largest absolute Gasteiger partial charge is 0.478 e. The fourth-order valence-electron chi connectivity index (χ4n) is 1.97. The summed E-state index contributed by atoms with van der Waals surface area (Å²) in [5, 5.41) is 10.4. The number of benzene rings is 2. The van der Waals surface area contributed by atoms with E-state index in [1.165, 1.54) is 0 Å². The molecule has 0 amide bonds. The summed E-state index contributed by atoms with van der Waals surface area (Å²) in [6, 6.07) is 12.0. The third-order valence-corrected chi connectivity index (χ3v) is 3.53. The fraction of sp³-hybridized carbons (Fsp3) is 0.188. The van der Waals surface area contributed by atoms with Crippen molar-refractivity contribution in [3.8, 4) is 5.75 Å². The van der Waals surface area contributed by atoms with Gasteiger partial charge in [-0.1, -0.05) is 35.3 Å². The molecule has 2 aromatic rings. The van der Waals surface area contributed by atoms with Crippen LogP contribution in [0.1, 0.15) is 11.1 Å². The number of carbonyl (C=O) groups is 1. The van der Waals surface area contributed by atoms with Gasteiger partial charge in [-0.15, -0.1) is 0 Å². The zero-order valence-corrected chi connectivity index (χ0v) is 12.9. The van der Waals surface area contributed by atoms with Gasteiger partial charge in [0.1, 0.15) is 5.75 Å². The highest BCUT2D eigenvalue weighted by atomic mass is 35.5. The molecule has 0 aliphatic carbocycles. The monoisotopic (exact) mass is 324 g/mol. The first-order valence-electron chi connectivity index (χ1n) is 6.36. The van der Waals surface area contributed by atoms with Crippen LogP contribution < -0.4 is 4.74 Å². The Balaban J connectivity index is 2.18. The highest BCUT2D eigenvalue weighted by Gasteiger charge is 2.21. The molecule has 1 atom stereocenters. The van der Waals surface area contributed by atoms with E-state index < -0.39 is 12.1 Å². The number of hydrogen-bond donors (Lipinski definition) is 1. The number of aliphatic carboxylic acids is 1. The number of carboxylic acids is 1. The van der Waals surface area contributed by atoms with Gasteiger partial charge in [-0.25, -0.2) is 4.79 Å². The van der Waals surface area contributed by atoms with Gasteiger partial charge in [0.05, 0.1) is 0 Å². The minimum absolute atomic E-state index is 0.255. The number of hydrogen-bond acceptors (Lipinski definition) is 2. The van der Waals surface area contributed by atoms with Crippen LogP contribution in [-0.4, -0.2) is 17.2 Å². The van der Waals surface area contributed by atoms with Crippen LogP contribution in [0.4, 0.5) is 0 Å². The van der Waals surface area contributed by atoms with Gasteiger partial charge in [0, 0.05) is 16.5 Å². The standard InChI is InChI=1S/C16H14Cl2O3/c1-10-7-13(18)6-5-11(10)8-15(16(19)20)21-14-4-2-3-12(17)9-14/h2-7,9,15H,8H2,1H3,(H,19,20)/t15-/m0/s1. The summed E-state index contributed by atoms with van der Waals surface area (Å²) in [7, 11) is 0. The summed E-state index contributed by atoms with van der Waals surface area (Å²) in [5.74, 6) is -0.592. The van der Waals surface area contributed by atoms with Gasteiger partial charge in [-0.3, -0.25) is 0 Å². The Morgan fingerprint density at radius 2 is 1.90 bits per heavy atom. The molecule has 0 saturated heterocycles. The number of halogens is 2. The first-order chi connectivity index (χ1) is 9.95. The lowest BCUT2D eigenvalue weighted by molar-refractivity contribution is -0.145. The van der Waals surface area contributed by atoms with Gasteiger partial charge in [0.25, 0.3) is 0 Å². The van der Waals surface area contributed by atoms with Gasteiger partial charge in [0.2, 0.25) is 0 Å². The van der Waals surface area contributed by atoms with Gasteiger partial charge >= 0.3 is 5.97 Å². The van der Waals surface area contributed by atoms with E-state index in [0.29, 0.717) is 15.8 Å². The van der Waals surface area contributed by atoms with Crippen molar-refractivity contribution in [1.29, 1.82) is 0 Å². The zero-order chi connectivity index (χ0) is 15.4. The number of carboxylic acid groups (broad SMARTS) is 1. The molecule has 2 rings (SSSR count). The van der Waals surface area contributed by atoms with Crippen molar-refractivity contribution in [2.24, 2.45) is 0 Å². The van der Waals surface area contributed by atoms with Gasteiger partial charge < -0.3 is 9.84 Å². The quantitative estimate of drug-likeness (QED) is 0.887. The predicted molar refractivity (Wildman–Crippen MR) is 83.4 cm³/mol. The lowest BCUT2D eigenvalue weighted by Crippen LogP contribution is -2.29. The number of ether oxygens (including phenoxy) is 1. The molecule has 0 fully saturated rings. The smallest absolute Gasteiger partial charge is 0.345 e. The molecule has 0 heterocycles. The first kappa shape index (κ1) is 15.7.